The average Bonchev–Trinajstić information content (AvgIpc) is 1.88. The highest BCUT2D eigenvalue weighted by Gasteiger charge is 2.19. The van der Waals surface area contributed by atoms with Crippen molar-refractivity contribution in [3.63, 3.8) is 0 Å². The minimum Gasteiger partial charge on any atom is -0.291 e. The zero-order valence-corrected chi connectivity index (χ0v) is 6.03. The number of alkyl halides is 1. The summed E-state index contributed by atoms with van der Waals surface area (Å²) in [4.78, 5) is 10.1. The van der Waals surface area contributed by atoms with Crippen molar-refractivity contribution in [3.05, 3.63) is 0 Å². The summed E-state index contributed by atoms with van der Waals surface area (Å²) in [6, 6.07) is 0. The van der Waals surface area contributed by atoms with E-state index in [4.69, 9.17) is 11.6 Å². The van der Waals surface area contributed by atoms with Gasteiger partial charge in [-0.3, -0.25) is 4.79 Å². The molecule has 51 valence electrons. The third-order valence-electron chi connectivity index (χ3n) is 1.78. The lowest BCUT2D eigenvalue weighted by Crippen LogP contribution is -2.15. The Kier molecular flexibility index (Phi) is 2.52. The summed E-state index contributed by atoms with van der Waals surface area (Å²) in [7, 11) is 0. The fourth-order valence-corrected chi connectivity index (χ4v) is 1.61. The predicted octanol–water partition coefficient (Wildman–Crippen LogP) is 1.89. The number of carbonyl (C=O) groups excluding carboxylic acids is 1. The van der Waals surface area contributed by atoms with Crippen molar-refractivity contribution in [1.82, 2.24) is 0 Å². The van der Waals surface area contributed by atoms with E-state index in [2.05, 4.69) is 0 Å². The molecule has 1 rings (SSSR count). The van der Waals surface area contributed by atoms with Crippen molar-refractivity contribution in [2.45, 2.75) is 31.1 Å². The van der Waals surface area contributed by atoms with E-state index in [0.29, 0.717) is 0 Å². The summed E-state index contributed by atoms with van der Waals surface area (Å²) in [6.07, 6.45) is 5.99. The van der Waals surface area contributed by atoms with Gasteiger partial charge in [0.15, 0.2) is 0 Å². The standard InChI is InChI=1S/C7H10ClO/c8-7-3-1-2-6(4-7)5-9/h6-7H,1-4H2. The van der Waals surface area contributed by atoms with E-state index in [0.717, 1.165) is 25.7 Å². The highest BCUT2D eigenvalue weighted by molar-refractivity contribution is 6.20. The molecule has 0 heterocycles. The van der Waals surface area contributed by atoms with Crippen LogP contribution in [0.25, 0.3) is 0 Å². The molecule has 0 aromatic heterocycles. The maximum atomic E-state index is 10.1. The molecule has 9 heavy (non-hydrogen) atoms. The number of hydrogen-bond donors (Lipinski definition) is 0. The van der Waals surface area contributed by atoms with Gasteiger partial charge in [0.25, 0.3) is 0 Å². The molecule has 1 fully saturated rings. The van der Waals surface area contributed by atoms with Gasteiger partial charge >= 0.3 is 0 Å². The minimum absolute atomic E-state index is 0.126. The molecule has 0 N–H and O–H groups in total. The van der Waals surface area contributed by atoms with Crippen LogP contribution in [-0.2, 0) is 4.79 Å². The van der Waals surface area contributed by atoms with Crippen LogP contribution in [-0.4, -0.2) is 11.7 Å². The molecule has 0 aromatic carbocycles. The van der Waals surface area contributed by atoms with Gasteiger partial charge in [-0.15, -0.1) is 11.6 Å². The van der Waals surface area contributed by atoms with Crippen LogP contribution in [0.1, 0.15) is 25.7 Å². The van der Waals surface area contributed by atoms with Gasteiger partial charge in [0.05, 0.1) is 0 Å². The summed E-state index contributed by atoms with van der Waals surface area (Å²) in [5.41, 5.74) is 0. The monoisotopic (exact) mass is 145 g/mol. The van der Waals surface area contributed by atoms with Gasteiger partial charge in [-0.2, -0.15) is 0 Å². The van der Waals surface area contributed by atoms with Crippen molar-refractivity contribution in [2.75, 3.05) is 0 Å². The van der Waals surface area contributed by atoms with Gasteiger partial charge in [-0.25, -0.2) is 0 Å². The molecule has 0 saturated heterocycles. The lowest BCUT2D eigenvalue weighted by atomic mass is 9.90. The lowest BCUT2D eigenvalue weighted by Gasteiger charge is -2.19. The van der Waals surface area contributed by atoms with Crippen LogP contribution in [0.4, 0.5) is 0 Å². The molecular formula is C7H10ClO. The maximum Gasteiger partial charge on any atom is 0.201 e. The Labute approximate surface area is 60.4 Å². The smallest absolute Gasteiger partial charge is 0.201 e. The number of hydrogen-bond acceptors (Lipinski definition) is 1. The van der Waals surface area contributed by atoms with E-state index in [1.165, 1.54) is 0 Å². The van der Waals surface area contributed by atoms with Crippen LogP contribution >= 0.6 is 11.6 Å². The molecule has 0 aliphatic heterocycles. The molecule has 1 aliphatic rings. The van der Waals surface area contributed by atoms with Crippen LogP contribution in [0.5, 0.6) is 0 Å². The van der Waals surface area contributed by atoms with E-state index < -0.39 is 0 Å². The van der Waals surface area contributed by atoms with Crippen molar-refractivity contribution in [2.24, 2.45) is 5.92 Å². The number of halogens is 1. The van der Waals surface area contributed by atoms with E-state index in [1.807, 2.05) is 6.29 Å². The summed E-state index contributed by atoms with van der Waals surface area (Å²) in [5.74, 6) is 0.126. The van der Waals surface area contributed by atoms with Crippen LogP contribution in [0, 0.1) is 5.92 Å². The van der Waals surface area contributed by atoms with Gasteiger partial charge in [-0.1, -0.05) is 6.42 Å². The normalized spacial score (nSPS) is 36.1. The lowest BCUT2D eigenvalue weighted by molar-refractivity contribution is 0.419. The second-order valence-corrected chi connectivity index (χ2v) is 3.20. The van der Waals surface area contributed by atoms with Crippen molar-refractivity contribution in [1.29, 1.82) is 0 Å². The minimum atomic E-state index is 0.126. The highest BCUT2D eigenvalue weighted by Crippen LogP contribution is 2.25. The Bertz CT molecular complexity index is 103. The Morgan fingerprint density at radius 1 is 1.44 bits per heavy atom. The van der Waals surface area contributed by atoms with Gasteiger partial charge in [-0.05, 0) is 19.3 Å². The molecular weight excluding hydrogens is 136 g/mol. The van der Waals surface area contributed by atoms with E-state index in [1.54, 1.807) is 0 Å². The van der Waals surface area contributed by atoms with Crippen LogP contribution in [0.2, 0.25) is 0 Å². The summed E-state index contributed by atoms with van der Waals surface area (Å²) < 4.78 is 0. The molecule has 2 heteroatoms. The third-order valence-corrected chi connectivity index (χ3v) is 2.17. The predicted molar refractivity (Wildman–Crippen MR) is 37.3 cm³/mol. The van der Waals surface area contributed by atoms with Crippen LogP contribution in [0.3, 0.4) is 0 Å². The van der Waals surface area contributed by atoms with Crippen molar-refractivity contribution in [3.8, 4) is 0 Å². The summed E-state index contributed by atoms with van der Waals surface area (Å²) in [6.45, 7) is 0. The maximum absolute atomic E-state index is 10.1. The van der Waals surface area contributed by atoms with E-state index in [-0.39, 0.29) is 11.3 Å². The zero-order chi connectivity index (χ0) is 6.69. The topological polar surface area (TPSA) is 17.1 Å². The average molecular weight is 146 g/mol. The van der Waals surface area contributed by atoms with Crippen molar-refractivity contribution >= 4 is 17.9 Å². The molecule has 0 aromatic rings. The molecule has 2 unspecified atom stereocenters. The first-order chi connectivity index (χ1) is 4.33. The first kappa shape index (κ1) is 7.07. The van der Waals surface area contributed by atoms with Gasteiger partial charge < -0.3 is 0 Å². The molecule has 0 bridgehead atoms. The zero-order valence-electron chi connectivity index (χ0n) is 5.27. The molecule has 0 spiro atoms. The Morgan fingerprint density at radius 2 is 2.22 bits per heavy atom. The Hall–Kier alpha value is -0.0400. The summed E-state index contributed by atoms with van der Waals surface area (Å²) >= 11 is 5.81. The molecule has 1 saturated carbocycles. The second kappa shape index (κ2) is 3.21. The molecule has 1 radical (unpaired) electrons. The van der Waals surface area contributed by atoms with Crippen molar-refractivity contribution < 1.29 is 4.79 Å². The Balaban J connectivity index is 2.31. The summed E-state index contributed by atoms with van der Waals surface area (Å²) in [5, 5.41) is 0.227. The largest absolute Gasteiger partial charge is 0.291 e. The SMILES string of the molecule is O=[C]C1CCCC(Cl)C1. The van der Waals surface area contributed by atoms with Gasteiger partial charge in [0.1, 0.15) is 0 Å². The Morgan fingerprint density at radius 3 is 2.67 bits per heavy atom. The third kappa shape index (κ3) is 1.98. The second-order valence-electron chi connectivity index (χ2n) is 2.58. The van der Waals surface area contributed by atoms with Gasteiger partial charge in [0, 0.05) is 11.3 Å². The van der Waals surface area contributed by atoms with E-state index >= 15 is 0 Å². The van der Waals surface area contributed by atoms with E-state index in [9.17, 15) is 4.79 Å². The molecule has 1 aliphatic carbocycles. The first-order valence-corrected chi connectivity index (χ1v) is 3.78. The van der Waals surface area contributed by atoms with Gasteiger partial charge in [0.2, 0.25) is 6.29 Å². The quantitative estimate of drug-likeness (QED) is 0.515. The fraction of sp³-hybridized carbons (Fsp3) is 0.857. The fourth-order valence-electron chi connectivity index (χ4n) is 1.24. The number of rotatable bonds is 1. The van der Waals surface area contributed by atoms with Crippen LogP contribution in [0.15, 0.2) is 0 Å². The first-order valence-electron chi connectivity index (χ1n) is 3.34. The van der Waals surface area contributed by atoms with Crippen LogP contribution < -0.4 is 0 Å². The molecule has 2 atom stereocenters. The molecule has 0 amide bonds. The highest BCUT2D eigenvalue weighted by atomic mass is 35.5. The molecule has 1 nitrogen and oxygen atoms in total.